The van der Waals surface area contributed by atoms with Gasteiger partial charge in [-0.2, -0.15) is 0 Å². The maximum absolute atomic E-state index is 12.1. The highest BCUT2D eigenvalue weighted by atomic mass is 16.2. The molecule has 102 valence electrons. The number of nitrogens with zero attached hydrogens (tertiary/aromatic N) is 1. The molecule has 0 heterocycles. The Morgan fingerprint density at radius 3 is 2.58 bits per heavy atom. The SMILES string of the molecule is CC(=O)c1cccc(NC(=O)N(C)C2CCCC2)c1. The molecule has 0 radical (unpaired) electrons. The highest BCUT2D eigenvalue weighted by molar-refractivity contribution is 5.96. The molecular weight excluding hydrogens is 240 g/mol. The molecule has 4 nitrogen and oxygen atoms in total. The number of nitrogens with one attached hydrogen (secondary N) is 1. The minimum Gasteiger partial charge on any atom is -0.325 e. The van der Waals surface area contributed by atoms with E-state index in [2.05, 4.69) is 5.32 Å². The van der Waals surface area contributed by atoms with Crippen LogP contribution in [0.3, 0.4) is 0 Å². The van der Waals surface area contributed by atoms with Crippen molar-refractivity contribution in [2.24, 2.45) is 0 Å². The number of benzene rings is 1. The van der Waals surface area contributed by atoms with E-state index in [9.17, 15) is 9.59 Å². The topological polar surface area (TPSA) is 49.4 Å². The van der Waals surface area contributed by atoms with Crippen LogP contribution < -0.4 is 5.32 Å². The molecule has 0 spiro atoms. The summed E-state index contributed by atoms with van der Waals surface area (Å²) in [7, 11) is 1.83. The standard InChI is InChI=1S/C15H20N2O2/c1-11(18)12-6-5-7-13(10-12)16-15(19)17(2)14-8-3-4-9-14/h5-7,10,14H,3-4,8-9H2,1-2H3,(H,16,19). The van der Waals surface area contributed by atoms with Crippen molar-refractivity contribution in [3.63, 3.8) is 0 Å². The van der Waals surface area contributed by atoms with Gasteiger partial charge in [-0.15, -0.1) is 0 Å². The van der Waals surface area contributed by atoms with E-state index in [0.717, 1.165) is 12.8 Å². The van der Waals surface area contributed by atoms with Gasteiger partial charge in [0.1, 0.15) is 0 Å². The van der Waals surface area contributed by atoms with Crippen LogP contribution in [0, 0.1) is 0 Å². The van der Waals surface area contributed by atoms with Crippen molar-refractivity contribution in [3.05, 3.63) is 29.8 Å². The first-order valence-corrected chi connectivity index (χ1v) is 6.73. The molecule has 1 aliphatic rings. The second-order valence-corrected chi connectivity index (χ2v) is 5.12. The van der Waals surface area contributed by atoms with Crippen LogP contribution in [0.4, 0.5) is 10.5 Å². The van der Waals surface area contributed by atoms with Crippen LogP contribution in [0.5, 0.6) is 0 Å². The number of anilines is 1. The number of hydrogen-bond donors (Lipinski definition) is 1. The zero-order valence-electron chi connectivity index (χ0n) is 11.5. The summed E-state index contributed by atoms with van der Waals surface area (Å²) in [5, 5.41) is 2.85. The molecule has 1 aliphatic carbocycles. The molecule has 0 atom stereocenters. The average molecular weight is 260 g/mol. The molecule has 0 aromatic heterocycles. The lowest BCUT2D eigenvalue weighted by atomic mass is 10.1. The highest BCUT2D eigenvalue weighted by Crippen LogP contribution is 2.23. The van der Waals surface area contributed by atoms with E-state index in [0.29, 0.717) is 17.3 Å². The second kappa shape index (κ2) is 5.87. The molecule has 4 heteroatoms. The summed E-state index contributed by atoms with van der Waals surface area (Å²) in [6.45, 7) is 1.52. The number of hydrogen-bond acceptors (Lipinski definition) is 2. The zero-order chi connectivity index (χ0) is 13.8. The van der Waals surface area contributed by atoms with Crippen molar-refractivity contribution in [1.29, 1.82) is 0 Å². The molecule has 0 aliphatic heterocycles. The van der Waals surface area contributed by atoms with Gasteiger partial charge in [0.25, 0.3) is 0 Å². The number of ketones is 1. The van der Waals surface area contributed by atoms with E-state index < -0.39 is 0 Å². The van der Waals surface area contributed by atoms with E-state index in [1.54, 1.807) is 29.2 Å². The van der Waals surface area contributed by atoms with Crippen molar-refractivity contribution in [3.8, 4) is 0 Å². The first kappa shape index (κ1) is 13.6. The summed E-state index contributed by atoms with van der Waals surface area (Å²) >= 11 is 0. The zero-order valence-corrected chi connectivity index (χ0v) is 11.5. The molecule has 1 saturated carbocycles. The van der Waals surface area contributed by atoms with Crippen LogP contribution in [0.25, 0.3) is 0 Å². The number of amides is 2. The molecule has 1 N–H and O–H groups in total. The van der Waals surface area contributed by atoms with Crippen LogP contribution in [0.2, 0.25) is 0 Å². The first-order chi connectivity index (χ1) is 9.08. The molecule has 19 heavy (non-hydrogen) atoms. The molecule has 1 fully saturated rings. The maximum atomic E-state index is 12.1. The number of carbonyl (C=O) groups excluding carboxylic acids is 2. The van der Waals surface area contributed by atoms with Gasteiger partial charge in [-0.05, 0) is 31.9 Å². The van der Waals surface area contributed by atoms with Gasteiger partial charge in [0.2, 0.25) is 0 Å². The Labute approximate surface area is 113 Å². The Hall–Kier alpha value is -1.84. The van der Waals surface area contributed by atoms with E-state index >= 15 is 0 Å². The van der Waals surface area contributed by atoms with Crippen LogP contribution in [-0.2, 0) is 0 Å². The molecule has 0 saturated heterocycles. The van der Waals surface area contributed by atoms with Crippen molar-refractivity contribution in [2.45, 2.75) is 38.6 Å². The van der Waals surface area contributed by atoms with Gasteiger partial charge < -0.3 is 10.2 Å². The molecule has 2 amide bonds. The van der Waals surface area contributed by atoms with E-state index in [4.69, 9.17) is 0 Å². The molecule has 0 bridgehead atoms. The Kier molecular flexibility index (Phi) is 4.20. The predicted octanol–water partition coefficient (Wildman–Crippen LogP) is 3.30. The van der Waals surface area contributed by atoms with Crippen molar-refractivity contribution < 1.29 is 9.59 Å². The van der Waals surface area contributed by atoms with Gasteiger partial charge in [-0.1, -0.05) is 25.0 Å². The normalized spacial score (nSPS) is 15.3. The fourth-order valence-electron chi connectivity index (χ4n) is 2.48. The summed E-state index contributed by atoms with van der Waals surface area (Å²) in [6.07, 6.45) is 4.55. The van der Waals surface area contributed by atoms with Crippen LogP contribution in [-0.4, -0.2) is 29.8 Å². The lowest BCUT2D eigenvalue weighted by Gasteiger charge is -2.24. The van der Waals surface area contributed by atoms with Crippen molar-refractivity contribution >= 4 is 17.5 Å². The van der Waals surface area contributed by atoms with E-state index in [1.807, 2.05) is 7.05 Å². The molecule has 0 unspecified atom stereocenters. The fourth-order valence-corrected chi connectivity index (χ4v) is 2.48. The van der Waals surface area contributed by atoms with Gasteiger partial charge in [-0.25, -0.2) is 4.79 Å². The number of carbonyl (C=O) groups is 2. The average Bonchev–Trinajstić information content (AvgIpc) is 2.92. The highest BCUT2D eigenvalue weighted by Gasteiger charge is 2.23. The number of urea groups is 1. The van der Waals surface area contributed by atoms with Gasteiger partial charge in [-0.3, -0.25) is 4.79 Å². The Balaban J connectivity index is 2.01. The summed E-state index contributed by atoms with van der Waals surface area (Å²) in [5.74, 6) is 0.000228. The van der Waals surface area contributed by atoms with Gasteiger partial charge in [0.05, 0.1) is 0 Å². The van der Waals surface area contributed by atoms with Crippen LogP contribution >= 0.6 is 0 Å². The third-order valence-corrected chi connectivity index (χ3v) is 3.71. The summed E-state index contributed by atoms with van der Waals surface area (Å²) in [5.41, 5.74) is 1.28. The molecule has 1 aromatic rings. The Morgan fingerprint density at radius 2 is 1.95 bits per heavy atom. The van der Waals surface area contributed by atoms with E-state index in [1.165, 1.54) is 19.8 Å². The van der Waals surface area contributed by atoms with Gasteiger partial charge in [0, 0.05) is 24.3 Å². The van der Waals surface area contributed by atoms with Gasteiger partial charge in [0.15, 0.2) is 5.78 Å². The van der Waals surface area contributed by atoms with Crippen LogP contribution in [0.1, 0.15) is 43.0 Å². The largest absolute Gasteiger partial charge is 0.325 e. The lowest BCUT2D eigenvalue weighted by molar-refractivity contribution is 0.101. The van der Waals surface area contributed by atoms with Gasteiger partial charge >= 0.3 is 6.03 Å². The van der Waals surface area contributed by atoms with E-state index in [-0.39, 0.29) is 11.8 Å². The summed E-state index contributed by atoms with van der Waals surface area (Å²) in [6, 6.07) is 7.28. The smallest absolute Gasteiger partial charge is 0.321 e. The second-order valence-electron chi connectivity index (χ2n) is 5.12. The fraction of sp³-hybridized carbons (Fsp3) is 0.467. The van der Waals surface area contributed by atoms with Crippen molar-refractivity contribution in [2.75, 3.05) is 12.4 Å². The van der Waals surface area contributed by atoms with Crippen molar-refractivity contribution in [1.82, 2.24) is 4.90 Å². The third kappa shape index (κ3) is 3.34. The monoisotopic (exact) mass is 260 g/mol. The van der Waals surface area contributed by atoms with Crippen LogP contribution in [0.15, 0.2) is 24.3 Å². The minimum atomic E-state index is -0.104. The molecule has 2 rings (SSSR count). The minimum absolute atomic E-state index is 0.000228. The Bertz CT molecular complexity index is 479. The predicted molar refractivity (Wildman–Crippen MR) is 75.5 cm³/mol. The Morgan fingerprint density at radius 1 is 1.26 bits per heavy atom. The number of rotatable bonds is 3. The third-order valence-electron chi connectivity index (χ3n) is 3.71. The lowest BCUT2D eigenvalue weighted by Crippen LogP contribution is -2.38. The summed E-state index contributed by atoms with van der Waals surface area (Å²) < 4.78 is 0. The quantitative estimate of drug-likeness (QED) is 0.848. The molecule has 1 aromatic carbocycles. The molecular formula is C15H20N2O2. The summed E-state index contributed by atoms with van der Waals surface area (Å²) in [4.78, 5) is 25.2. The first-order valence-electron chi connectivity index (χ1n) is 6.73. The number of Topliss-reactive ketones (excluding diaryl/α,β-unsaturated/α-hetero) is 1. The maximum Gasteiger partial charge on any atom is 0.321 e.